The molecule has 0 saturated heterocycles. The number of hydrogen-bond acceptors (Lipinski definition) is 1. The molecule has 1 aliphatic rings. The molecular formula is C12H16FN. The van der Waals surface area contributed by atoms with Gasteiger partial charge in [-0.15, -0.1) is 0 Å². The molecule has 14 heavy (non-hydrogen) atoms. The fourth-order valence-electron chi connectivity index (χ4n) is 2.03. The van der Waals surface area contributed by atoms with Crippen LogP contribution in [0.3, 0.4) is 0 Å². The van der Waals surface area contributed by atoms with E-state index in [4.69, 9.17) is 0 Å². The molecule has 1 aromatic rings. The summed E-state index contributed by atoms with van der Waals surface area (Å²) < 4.78 is 13.3. The van der Waals surface area contributed by atoms with Crippen LogP contribution < -0.4 is 0 Å². The minimum absolute atomic E-state index is 0.0614. The third-order valence-electron chi connectivity index (χ3n) is 3.02. The summed E-state index contributed by atoms with van der Waals surface area (Å²) in [6.07, 6.45) is 0.986. The SMILES string of the molecule is CCN1CCc2cc(F)c(C)cc2C1. The van der Waals surface area contributed by atoms with Crippen molar-refractivity contribution in [3.8, 4) is 0 Å². The van der Waals surface area contributed by atoms with Crippen LogP contribution in [0.2, 0.25) is 0 Å². The second kappa shape index (κ2) is 3.70. The molecule has 1 aromatic carbocycles. The molecule has 1 heterocycles. The molecule has 0 atom stereocenters. The van der Waals surface area contributed by atoms with Crippen molar-refractivity contribution in [2.45, 2.75) is 26.8 Å². The maximum Gasteiger partial charge on any atom is 0.126 e. The standard InChI is InChI=1S/C12H16FN/c1-3-14-5-4-10-7-12(13)9(2)6-11(10)8-14/h6-7H,3-5,8H2,1-2H3. The Hall–Kier alpha value is -0.890. The van der Waals surface area contributed by atoms with Gasteiger partial charge in [-0.1, -0.05) is 13.0 Å². The molecule has 1 nitrogen and oxygen atoms in total. The van der Waals surface area contributed by atoms with Gasteiger partial charge in [0.15, 0.2) is 0 Å². The van der Waals surface area contributed by atoms with Gasteiger partial charge in [-0.25, -0.2) is 4.39 Å². The zero-order valence-corrected chi connectivity index (χ0v) is 8.81. The Labute approximate surface area is 84.5 Å². The van der Waals surface area contributed by atoms with Crippen LogP contribution in [0.1, 0.15) is 23.6 Å². The van der Waals surface area contributed by atoms with E-state index >= 15 is 0 Å². The number of halogens is 1. The lowest BCUT2D eigenvalue weighted by atomic mass is 9.97. The van der Waals surface area contributed by atoms with E-state index in [1.54, 1.807) is 6.07 Å². The molecule has 0 amide bonds. The van der Waals surface area contributed by atoms with E-state index in [-0.39, 0.29) is 5.82 Å². The predicted octanol–water partition coefficient (Wildman–Crippen LogP) is 2.51. The minimum atomic E-state index is -0.0614. The molecule has 0 saturated carbocycles. The maximum atomic E-state index is 13.3. The molecule has 0 N–H and O–H groups in total. The highest BCUT2D eigenvalue weighted by molar-refractivity contribution is 5.34. The molecule has 0 unspecified atom stereocenters. The summed E-state index contributed by atoms with van der Waals surface area (Å²) in [6, 6.07) is 3.70. The van der Waals surface area contributed by atoms with Crippen LogP contribution in [0.5, 0.6) is 0 Å². The van der Waals surface area contributed by atoms with Crippen LogP contribution in [-0.4, -0.2) is 18.0 Å². The summed E-state index contributed by atoms with van der Waals surface area (Å²) in [5.41, 5.74) is 3.26. The summed E-state index contributed by atoms with van der Waals surface area (Å²) in [6.45, 7) is 7.12. The Morgan fingerprint density at radius 3 is 2.86 bits per heavy atom. The molecule has 2 heteroatoms. The number of aryl methyl sites for hydroxylation is 1. The van der Waals surface area contributed by atoms with Gasteiger partial charge < -0.3 is 0 Å². The van der Waals surface area contributed by atoms with Gasteiger partial charge in [-0.05, 0) is 42.6 Å². The first-order valence-electron chi connectivity index (χ1n) is 5.21. The van der Waals surface area contributed by atoms with Crippen molar-refractivity contribution in [3.05, 3.63) is 34.6 Å². The van der Waals surface area contributed by atoms with E-state index in [1.165, 1.54) is 11.1 Å². The van der Waals surface area contributed by atoms with Gasteiger partial charge in [0.2, 0.25) is 0 Å². The average molecular weight is 193 g/mol. The average Bonchev–Trinajstić information content (AvgIpc) is 2.19. The molecule has 0 radical (unpaired) electrons. The van der Waals surface area contributed by atoms with Crippen molar-refractivity contribution in [1.82, 2.24) is 4.90 Å². The number of nitrogens with zero attached hydrogens (tertiary/aromatic N) is 1. The van der Waals surface area contributed by atoms with Gasteiger partial charge in [0, 0.05) is 13.1 Å². The number of fused-ring (bicyclic) bond motifs is 1. The lowest BCUT2D eigenvalue weighted by Crippen LogP contribution is -2.30. The second-order valence-electron chi connectivity index (χ2n) is 3.99. The lowest BCUT2D eigenvalue weighted by molar-refractivity contribution is 0.267. The van der Waals surface area contributed by atoms with Gasteiger partial charge in [0.25, 0.3) is 0 Å². The van der Waals surface area contributed by atoms with Gasteiger partial charge in [-0.3, -0.25) is 4.90 Å². The minimum Gasteiger partial charge on any atom is -0.299 e. The number of rotatable bonds is 1. The van der Waals surface area contributed by atoms with Gasteiger partial charge in [-0.2, -0.15) is 0 Å². The van der Waals surface area contributed by atoms with E-state index in [0.717, 1.165) is 31.6 Å². The number of benzene rings is 1. The highest BCUT2D eigenvalue weighted by Gasteiger charge is 2.16. The van der Waals surface area contributed by atoms with E-state index in [9.17, 15) is 4.39 Å². The van der Waals surface area contributed by atoms with E-state index in [0.29, 0.717) is 0 Å². The molecule has 0 spiro atoms. The molecule has 76 valence electrons. The normalized spacial score (nSPS) is 16.8. The van der Waals surface area contributed by atoms with Crippen LogP contribution in [0.25, 0.3) is 0 Å². The molecule has 0 bridgehead atoms. The maximum absolute atomic E-state index is 13.3. The first-order chi connectivity index (χ1) is 6.70. The van der Waals surface area contributed by atoms with Gasteiger partial charge >= 0.3 is 0 Å². The monoisotopic (exact) mass is 193 g/mol. The van der Waals surface area contributed by atoms with E-state index in [1.807, 2.05) is 13.0 Å². The first-order valence-corrected chi connectivity index (χ1v) is 5.21. The third kappa shape index (κ3) is 1.67. The van der Waals surface area contributed by atoms with Gasteiger partial charge in [0.05, 0.1) is 0 Å². The topological polar surface area (TPSA) is 3.24 Å². The summed E-state index contributed by atoms with van der Waals surface area (Å²) in [5.74, 6) is -0.0614. The number of hydrogen-bond donors (Lipinski definition) is 0. The highest BCUT2D eigenvalue weighted by Crippen LogP contribution is 2.21. The highest BCUT2D eigenvalue weighted by atomic mass is 19.1. The van der Waals surface area contributed by atoms with Crippen LogP contribution in [0.4, 0.5) is 4.39 Å². The smallest absolute Gasteiger partial charge is 0.126 e. The molecule has 0 aliphatic carbocycles. The summed E-state index contributed by atoms with van der Waals surface area (Å²) in [7, 11) is 0. The first kappa shape index (κ1) is 9.66. The Morgan fingerprint density at radius 1 is 1.36 bits per heavy atom. The molecule has 1 aliphatic heterocycles. The van der Waals surface area contributed by atoms with Crippen LogP contribution in [0.15, 0.2) is 12.1 Å². The summed E-state index contributed by atoms with van der Waals surface area (Å²) >= 11 is 0. The summed E-state index contributed by atoms with van der Waals surface area (Å²) in [4.78, 5) is 2.39. The fraction of sp³-hybridized carbons (Fsp3) is 0.500. The molecule has 0 aromatic heterocycles. The Bertz CT molecular complexity index is 346. The Kier molecular flexibility index (Phi) is 2.55. The third-order valence-corrected chi connectivity index (χ3v) is 3.02. The lowest BCUT2D eigenvalue weighted by Gasteiger charge is -2.27. The molecule has 0 fully saturated rings. The van der Waals surface area contributed by atoms with Crippen molar-refractivity contribution in [2.75, 3.05) is 13.1 Å². The van der Waals surface area contributed by atoms with E-state index in [2.05, 4.69) is 11.8 Å². The number of likely N-dealkylation sites (N-methyl/N-ethyl adjacent to an activating group) is 1. The second-order valence-corrected chi connectivity index (χ2v) is 3.99. The molecular weight excluding hydrogens is 177 g/mol. The van der Waals surface area contributed by atoms with Crippen LogP contribution >= 0.6 is 0 Å². The zero-order chi connectivity index (χ0) is 10.1. The van der Waals surface area contributed by atoms with Crippen LogP contribution in [0, 0.1) is 12.7 Å². The van der Waals surface area contributed by atoms with Crippen molar-refractivity contribution >= 4 is 0 Å². The largest absolute Gasteiger partial charge is 0.299 e. The fourth-order valence-corrected chi connectivity index (χ4v) is 2.03. The molecule has 2 rings (SSSR count). The van der Waals surface area contributed by atoms with Crippen molar-refractivity contribution in [2.24, 2.45) is 0 Å². The van der Waals surface area contributed by atoms with Crippen molar-refractivity contribution in [1.29, 1.82) is 0 Å². The predicted molar refractivity (Wildman–Crippen MR) is 55.8 cm³/mol. The Balaban J connectivity index is 2.33. The van der Waals surface area contributed by atoms with E-state index < -0.39 is 0 Å². The summed E-state index contributed by atoms with van der Waals surface area (Å²) in [5, 5.41) is 0. The zero-order valence-electron chi connectivity index (χ0n) is 8.81. The Morgan fingerprint density at radius 2 is 2.14 bits per heavy atom. The van der Waals surface area contributed by atoms with Crippen molar-refractivity contribution in [3.63, 3.8) is 0 Å². The van der Waals surface area contributed by atoms with Gasteiger partial charge in [0.1, 0.15) is 5.82 Å². The quantitative estimate of drug-likeness (QED) is 0.662. The van der Waals surface area contributed by atoms with Crippen molar-refractivity contribution < 1.29 is 4.39 Å². The van der Waals surface area contributed by atoms with Crippen LogP contribution in [-0.2, 0) is 13.0 Å².